The smallest absolute Gasteiger partial charge is 0.387 e. The summed E-state index contributed by atoms with van der Waals surface area (Å²) < 4.78 is 36.5. The van der Waals surface area contributed by atoms with Gasteiger partial charge in [0.05, 0.1) is 24.1 Å². The lowest BCUT2D eigenvalue weighted by molar-refractivity contribution is -0.0499. The van der Waals surface area contributed by atoms with E-state index in [9.17, 15) is 13.9 Å². The molecule has 1 aliphatic heterocycles. The van der Waals surface area contributed by atoms with Gasteiger partial charge in [-0.3, -0.25) is 4.90 Å². The van der Waals surface area contributed by atoms with Gasteiger partial charge in [0.2, 0.25) is 10.8 Å². The Bertz CT molecular complexity index is 895. The van der Waals surface area contributed by atoms with E-state index in [0.29, 0.717) is 36.1 Å². The van der Waals surface area contributed by atoms with E-state index >= 15 is 0 Å². The van der Waals surface area contributed by atoms with Crippen molar-refractivity contribution in [2.45, 2.75) is 12.7 Å². The second-order valence-electron chi connectivity index (χ2n) is 5.75. The highest BCUT2D eigenvalue weighted by atomic mass is 32.1. The van der Waals surface area contributed by atoms with E-state index in [4.69, 9.17) is 4.74 Å². The summed E-state index contributed by atoms with van der Waals surface area (Å²) in [5.74, 6) is 0.0777. The van der Waals surface area contributed by atoms with Crippen LogP contribution in [0.25, 0.3) is 4.96 Å². The largest absolute Gasteiger partial charge is 0.492 e. The predicted octanol–water partition coefficient (Wildman–Crippen LogP) is 2.52. The standard InChI is InChI=1S/C16H16F2N4O3S/c17-15(18)25-11-3-1-2-10(8-11)12(21-4-6-24-7-5-21)13-14(23)22-16(26-13)19-9-20-22/h1-3,8-9,12,15,23H,4-7H2/t12-/m0/s1. The molecule has 1 N–H and O–H groups in total. The van der Waals surface area contributed by atoms with Crippen LogP contribution in [-0.2, 0) is 4.74 Å². The van der Waals surface area contributed by atoms with Gasteiger partial charge >= 0.3 is 6.61 Å². The van der Waals surface area contributed by atoms with Gasteiger partial charge in [0.15, 0.2) is 0 Å². The number of benzene rings is 1. The molecule has 3 aromatic rings. The second-order valence-corrected chi connectivity index (χ2v) is 6.76. The first-order valence-electron chi connectivity index (χ1n) is 8.01. The van der Waals surface area contributed by atoms with Crippen molar-refractivity contribution >= 4 is 16.3 Å². The number of morpholine rings is 1. The Morgan fingerprint density at radius 2 is 2.08 bits per heavy atom. The zero-order valence-corrected chi connectivity index (χ0v) is 14.4. The highest BCUT2D eigenvalue weighted by Gasteiger charge is 2.30. The minimum atomic E-state index is -2.89. The third kappa shape index (κ3) is 3.22. The van der Waals surface area contributed by atoms with E-state index in [-0.39, 0.29) is 17.7 Å². The van der Waals surface area contributed by atoms with Crippen LogP contribution in [0.15, 0.2) is 30.6 Å². The molecule has 4 rings (SSSR count). The second kappa shape index (κ2) is 7.14. The van der Waals surface area contributed by atoms with Gasteiger partial charge in [-0.15, -0.1) is 0 Å². The average molecular weight is 382 g/mol. The summed E-state index contributed by atoms with van der Waals surface area (Å²) in [5.41, 5.74) is 0.741. The van der Waals surface area contributed by atoms with E-state index < -0.39 is 6.61 Å². The van der Waals surface area contributed by atoms with Crippen molar-refractivity contribution < 1.29 is 23.4 Å². The van der Waals surface area contributed by atoms with Gasteiger partial charge in [-0.25, -0.2) is 4.98 Å². The van der Waals surface area contributed by atoms with Gasteiger partial charge < -0.3 is 14.6 Å². The number of alkyl halides is 2. The Morgan fingerprint density at radius 3 is 2.81 bits per heavy atom. The molecule has 2 aromatic heterocycles. The Hall–Kier alpha value is -2.30. The van der Waals surface area contributed by atoms with E-state index in [1.165, 1.54) is 28.2 Å². The molecule has 26 heavy (non-hydrogen) atoms. The van der Waals surface area contributed by atoms with Gasteiger partial charge in [-0.05, 0) is 17.7 Å². The van der Waals surface area contributed by atoms with E-state index in [0.717, 1.165) is 5.56 Å². The molecule has 1 aliphatic rings. The molecule has 0 saturated carbocycles. The molecule has 138 valence electrons. The van der Waals surface area contributed by atoms with Crippen molar-refractivity contribution in [2.24, 2.45) is 0 Å². The van der Waals surface area contributed by atoms with Gasteiger partial charge in [0, 0.05) is 13.1 Å². The Morgan fingerprint density at radius 1 is 1.27 bits per heavy atom. The number of hydrogen-bond donors (Lipinski definition) is 1. The number of fused-ring (bicyclic) bond motifs is 1. The number of aromatic nitrogens is 3. The van der Waals surface area contributed by atoms with E-state index in [1.54, 1.807) is 12.1 Å². The van der Waals surface area contributed by atoms with Crippen LogP contribution in [0.3, 0.4) is 0 Å². The molecule has 1 aromatic carbocycles. The molecule has 3 heterocycles. The summed E-state index contributed by atoms with van der Waals surface area (Å²) in [6.45, 7) is -0.471. The van der Waals surface area contributed by atoms with Crippen LogP contribution in [0.1, 0.15) is 16.5 Å². The van der Waals surface area contributed by atoms with Crippen LogP contribution in [-0.4, -0.2) is 57.5 Å². The van der Waals surface area contributed by atoms with Gasteiger partial charge in [-0.2, -0.15) is 18.4 Å². The fourth-order valence-electron chi connectivity index (χ4n) is 3.10. The number of nitrogens with zero attached hydrogens (tertiary/aromatic N) is 4. The van der Waals surface area contributed by atoms with Crippen LogP contribution >= 0.6 is 11.3 Å². The highest BCUT2D eigenvalue weighted by Crippen LogP contribution is 2.40. The lowest BCUT2D eigenvalue weighted by Crippen LogP contribution is -2.39. The quantitative estimate of drug-likeness (QED) is 0.731. The zero-order valence-electron chi connectivity index (χ0n) is 13.6. The Balaban J connectivity index is 1.78. The number of hydrogen-bond acceptors (Lipinski definition) is 7. The topological polar surface area (TPSA) is 72.1 Å². The third-order valence-corrected chi connectivity index (χ3v) is 5.28. The molecule has 0 bridgehead atoms. The van der Waals surface area contributed by atoms with Crippen LogP contribution in [0.4, 0.5) is 8.78 Å². The molecule has 0 amide bonds. The number of aromatic hydroxyl groups is 1. The van der Waals surface area contributed by atoms with Gasteiger partial charge in [-0.1, -0.05) is 23.5 Å². The lowest BCUT2D eigenvalue weighted by atomic mass is 10.0. The first-order valence-corrected chi connectivity index (χ1v) is 8.83. The minimum absolute atomic E-state index is 0.000766. The van der Waals surface area contributed by atoms with E-state index in [2.05, 4.69) is 19.7 Å². The Kier molecular flexibility index (Phi) is 4.70. The summed E-state index contributed by atoms with van der Waals surface area (Å²) in [6, 6.07) is 6.20. The molecule has 0 spiro atoms. The zero-order chi connectivity index (χ0) is 18.1. The number of halogens is 2. The maximum Gasteiger partial charge on any atom is 0.387 e. The van der Waals surface area contributed by atoms with E-state index in [1.807, 2.05) is 6.07 Å². The maximum absolute atomic E-state index is 12.6. The predicted molar refractivity (Wildman–Crippen MR) is 89.8 cm³/mol. The van der Waals surface area contributed by atoms with Crippen molar-refractivity contribution in [1.82, 2.24) is 19.5 Å². The van der Waals surface area contributed by atoms with Crippen molar-refractivity contribution in [2.75, 3.05) is 26.3 Å². The Labute approximate surface area is 151 Å². The molecule has 10 heteroatoms. The van der Waals surface area contributed by atoms with Crippen molar-refractivity contribution in [3.8, 4) is 11.6 Å². The summed E-state index contributed by atoms with van der Waals surface area (Å²) in [7, 11) is 0. The van der Waals surface area contributed by atoms with Crippen LogP contribution in [0.5, 0.6) is 11.6 Å². The first-order chi connectivity index (χ1) is 12.6. The van der Waals surface area contributed by atoms with Crippen molar-refractivity contribution in [3.05, 3.63) is 41.0 Å². The van der Waals surface area contributed by atoms with Gasteiger partial charge in [0.25, 0.3) is 0 Å². The van der Waals surface area contributed by atoms with Crippen LogP contribution in [0.2, 0.25) is 0 Å². The molecule has 7 nitrogen and oxygen atoms in total. The average Bonchev–Trinajstić information content (AvgIpc) is 3.20. The molecule has 0 radical (unpaired) electrons. The molecule has 0 aliphatic carbocycles. The number of rotatable bonds is 5. The van der Waals surface area contributed by atoms with Crippen LogP contribution < -0.4 is 4.74 Å². The van der Waals surface area contributed by atoms with Crippen molar-refractivity contribution in [3.63, 3.8) is 0 Å². The molecular weight excluding hydrogens is 366 g/mol. The third-order valence-electron chi connectivity index (χ3n) is 4.20. The summed E-state index contributed by atoms with van der Waals surface area (Å²) in [6.07, 6.45) is 1.37. The van der Waals surface area contributed by atoms with Crippen molar-refractivity contribution in [1.29, 1.82) is 0 Å². The van der Waals surface area contributed by atoms with Crippen LogP contribution in [0, 0.1) is 0 Å². The fourth-order valence-corrected chi connectivity index (χ4v) is 4.19. The SMILES string of the molecule is Oc1c([C@H](c2cccc(OC(F)F)c2)N2CCOCC2)sc2ncnn12. The highest BCUT2D eigenvalue weighted by molar-refractivity contribution is 7.17. The fraction of sp³-hybridized carbons (Fsp3) is 0.375. The normalized spacial score (nSPS) is 17.0. The first kappa shape index (κ1) is 17.1. The maximum atomic E-state index is 12.6. The summed E-state index contributed by atoms with van der Waals surface area (Å²) in [4.78, 5) is 7.47. The molecule has 0 unspecified atom stereocenters. The molecule has 1 saturated heterocycles. The molecule has 1 fully saturated rings. The number of ether oxygens (including phenoxy) is 2. The lowest BCUT2D eigenvalue weighted by Gasteiger charge is -2.34. The minimum Gasteiger partial charge on any atom is -0.492 e. The molecular formula is C16H16F2N4O3S. The van der Waals surface area contributed by atoms with Gasteiger partial charge in [0.1, 0.15) is 12.1 Å². The summed E-state index contributed by atoms with van der Waals surface area (Å²) in [5, 5.41) is 14.6. The summed E-state index contributed by atoms with van der Waals surface area (Å²) >= 11 is 1.31. The number of thiazole rings is 1. The monoisotopic (exact) mass is 382 g/mol. The molecule has 1 atom stereocenters.